The van der Waals surface area contributed by atoms with E-state index in [0.29, 0.717) is 16.3 Å². The van der Waals surface area contributed by atoms with E-state index >= 15 is 0 Å². The molecule has 0 radical (unpaired) electrons. The topological polar surface area (TPSA) is 58.3 Å². The van der Waals surface area contributed by atoms with E-state index in [9.17, 15) is 18.3 Å². The maximum atomic E-state index is 13.0. The summed E-state index contributed by atoms with van der Waals surface area (Å²) in [6, 6.07) is 14.5. The second kappa shape index (κ2) is 9.62. The van der Waals surface area contributed by atoms with Gasteiger partial charge in [-0.1, -0.05) is 74.7 Å². The van der Waals surface area contributed by atoms with E-state index < -0.39 is 23.4 Å². The van der Waals surface area contributed by atoms with E-state index in [0.717, 1.165) is 17.7 Å². The van der Waals surface area contributed by atoms with Gasteiger partial charge in [0.25, 0.3) is 0 Å². The molecule has 2 atom stereocenters. The normalized spacial score (nSPS) is 14.8. The van der Waals surface area contributed by atoms with Crippen molar-refractivity contribution in [1.82, 2.24) is 5.32 Å². The van der Waals surface area contributed by atoms with Crippen LogP contribution in [-0.2, 0) is 6.18 Å². The molecule has 162 valence electrons. The van der Waals surface area contributed by atoms with Crippen molar-refractivity contribution in [3.63, 3.8) is 0 Å². The molecule has 0 heterocycles. The zero-order chi connectivity index (χ0) is 22.5. The van der Waals surface area contributed by atoms with E-state index in [2.05, 4.69) is 11.9 Å². The fourth-order valence-corrected chi connectivity index (χ4v) is 3.76. The van der Waals surface area contributed by atoms with Crippen LogP contribution in [0, 0.1) is 5.41 Å². The van der Waals surface area contributed by atoms with Crippen LogP contribution in [0.1, 0.15) is 43.4 Å². The lowest BCUT2D eigenvalue weighted by atomic mass is 9.70. The van der Waals surface area contributed by atoms with Gasteiger partial charge < -0.3 is 16.2 Å². The van der Waals surface area contributed by atoms with Gasteiger partial charge in [-0.2, -0.15) is 13.2 Å². The first-order valence-electron chi connectivity index (χ1n) is 9.37. The SMILES string of the molecule is C=C(NC(O)C(C)(C)C(c1ccccc1)c1ccc(C(F)(F)F)cc1)S/C=C(/C)N. The van der Waals surface area contributed by atoms with Gasteiger partial charge in [-0.3, -0.25) is 0 Å². The second-order valence-corrected chi connectivity index (χ2v) is 8.70. The third kappa shape index (κ3) is 6.06. The van der Waals surface area contributed by atoms with E-state index in [1.54, 1.807) is 12.3 Å². The molecule has 0 amide bonds. The molecule has 2 aromatic rings. The Morgan fingerprint density at radius 3 is 2.10 bits per heavy atom. The summed E-state index contributed by atoms with van der Waals surface area (Å²) >= 11 is 1.26. The molecule has 0 spiro atoms. The van der Waals surface area contributed by atoms with Crippen LogP contribution in [0.5, 0.6) is 0 Å². The molecule has 2 rings (SSSR count). The van der Waals surface area contributed by atoms with Crippen LogP contribution < -0.4 is 11.1 Å². The van der Waals surface area contributed by atoms with Crippen LogP contribution in [0.25, 0.3) is 0 Å². The van der Waals surface area contributed by atoms with Crippen LogP contribution >= 0.6 is 11.8 Å². The molecule has 3 nitrogen and oxygen atoms in total. The number of aliphatic hydroxyl groups excluding tert-OH is 1. The van der Waals surface area contributed by atoms with E-state index in [1.165, 1.54) is 23.9 Å². The van der Waals surface area contributed by atoms with Gasteiger partial charge in [-0.15, -0.1) is 0 Å². The fraction of sp³-hybridized carbons (Fsp3) is 0.304. The molecule has 0 aromatic heterocycles. The Morgan fingerprint density at radius 2 is 1.60 bits per heavy atom. The molecule has 0 aliphatic heterocycles. The minimum absolute atomic E-state index is 0.368. The number of nitrogens with two attached hydrogens (primary N) is 1. The molecule has 30 heavy (non-hydrogen) atoms. The monoisotopic (exact) mass is 436 g/mol. The van der Waals surface area contributed by atoms with Crippen molar-refractivity contribution in [1.29, 1.82) is 0 Å². The molecule has 0 fully saturated rings. The van der Waals surface area contributed by atoms with Crippen molar-refractivity contribution < 1.29 is 18.3 Å². The fourth-order valence-electron chi connectivity index (χ4n) is 3.26. The number of aliphatic hydroxyl groups is 1. The Morgan fingerprint density at radius 1 is 1.07 bits per heavy atom. The van der Waals surface area contributed by atoms with Gasteiger partial charge in [-0.25, -0.2) is 0 Å². The summed E-state index contributed by atoms with van der Waals surface area (Å²) in [5, 5.41) is 16.2. The number of halogens is 3. The second-order valence-electron chi connectivity index (χ2n) is 7.73. The maximum Gasteiger partial charge on any atom is 0.416 e. The number of benzene rings is 2. The standard InChI is InChI=1S/C23H27F3N2OS/c1-15(27)14-30-16(2)28-21(29)22(3,4)20(17-8-6-5-7-9-17)18-10-12-19(13-11-18)23(24,25)26/h5-14,20-21,28-29H,2,27H2,1,3-4H3/b15-14-. The van der Waals surface area contributed by atoms with E-state index in [-0.39, 0.29) is 5.92 Å². The molecular formula is C23H27F3N2OS. The van der Waals surface area contributed by atoms with Crippen molar-refractivity contribution in [2.75, 3.05) is 0 Å². The highest BCUT2D eigenvalue weighted by Crippen LogP contribution is 2.44. The average molecular weight is 437 g/mol. The van der Waals surface area contributed by atoms with Gasteiger partial charge in [0.2, 0.25) is 0 Å². The van der Waals surface area contributed by atoms with Gasteiger partial charge in [-0.05, 0) is 35.6 Å². The quantitative estimate of drug-likeness (QED) is 0.458. The number of hydrogen-bond donors (Lipinski definition) is 3. The molecule has 0 saturated carbocycles. The molecular weight excluding hydrogens is 409 g/mol. The van der Waals surface area contributed by atoms with Crippen LogP contribution in [0.4, 0.5) is 13.2 Å². The molecule has 0 bridgehead atoms. The lowest BCUT2D eigenvalue weighted by Gasteiger charge is -2.40. The van der Waals surface area contributed by atoms with Crippen molar-refractivity contribution in [3.8, 4) is 0 Å². The lowest BCUT2D eigenvalue weighted by Crippen LogP contribution is -2.44. The molecule has 2 unspecified atom stereocenters. The van der Waals surface area contributed by atoms with Gasteiger partial charge in [0.1, 0.15) is 6.23 Å². The summed E-state index contributed by atoms with van der Waals surface area (Å²) in [6.45, 7) is 9.36. The smallest absolute Gasteiger partial charge is 0.402 e. The van der Waals surface area contributed by atoms with Crippen LogP contribution in [0.2, 0.25) is 0 Å². The third-order valence-corrected chi connectivity index (χ3v) is 5.73. The third-order valence-electron chi connectivity index (χ3n) is 4.84. The van der Waals surface area contributed by atoms with Gasteiger partial charge in [0.05, 0.1) is 10.6 Å². The number of allylic oxidation sites excluding steroid dienone is 1. The zero-order valence-electron chi connectivity index (χ0n) is 17.2. The molecule has 0 saturated heterocycles. The van der Waals surface area contributed by atoms with E-state index in [4.69, 9.17) is 5.73 Å². The summed E-state index contributed by atoms with van der Waals surface area (Å²) in [6.07, 6.45) is -5.42. The highest BCUT2D eigenvalue weighted by molar-refractivity contribution is 8.05. The minimum Gasteiger partial charge on any atom is -0.402 e. The Hall–Kier alpha value is -2.38. The van der Waals surface area contributed by atoms with Crippen molar-refractivity contribution in [2.45, 2.75) is 39.1 Å². The largest absolute Gasteiger partial charge is 0.416 e. The summed E-state index contributed by atoms with van der Waals surface area (Å²) in [4.78, 5) is 0. The number of rotatable bonds is 8. The Balaban J connectivity index is 2.39. The highest BCUT2D eigenvalue weighted by Gasteiger charge is 2.39. The van der Waals surface area contributed by atoms with Crippen LogP contribution in [0.15, 0.2) is 77.3 Å². The first-order valence-corrected chi connectivity index (χ1v) is 10.3. The molecule has 0 aliphatic rings. The summed E-state index contributed by atoms with van der Waals surface area (Å²) < 4.78 is 39.0. The number of thioether (sulfide) groups is 1. The van der Waals surface area contributed by atoms with Crippen LogP contribution in [-0.4, -0.2) is 11.3 Å². The number of hydrogen-bond acceptors (Lipinski definition) is 4. The maximum absolute atomic E-state index is 13.0. The number of nitrogens with one attached hydrogen (secondary N) is 1. The molecule has 2 aromatic carbocycles. The van der Waals surface area contributed by atoms with Crippen molar-refractivity contribution in [2.24, 2.45) is 11.1 Å². The van der Waals surface area contributed by atoms with Gasteiger partial charge >= 0.3 is 6.18 Å². The van der Waals surface area contributed by atoms with Crippen LogP contribution in [0.3, 0.4) is 0 Å². The summed E-state index contributed by atoms with van der Waals surface area (Å²) in [7, 11) is 0. The van der Waals surface area contributed by atoms with Crippen molar-refractivity contribution in [3.05, 3.63) is 94.0 Å². The predicted octanol–water partition coefficient (Wildman–Crippen LogP) is 5.80. The zero-order valence-corrected chi connectivity index (χ0v) is 18.0. The van der Waals surface area contributed by atoms with Crippen molar-refractivity contribution >= 4 is 11.8 Å². The molecule has 0 aliphatic carbocycles. The minimum atomic E-state index is -4.40. The highest BCUT2D eigenvalue weighted by atomic mass is 32.2. The summed E-state index contributed by atoms with van der Waals surface area (Å²) in [5.74, 6) is -0.368. The van der Waals surface area contributed by atoms with Gasteiger partial charge in [0.15, 0.2) is 0 Å². The van der Waals surface area contributed by atoms with Gasteiger partial charge in [0, 0.05) is 17.0 Å². The lowest BCUT2D eigenvalue weighted by molar-refractivity contribution is -0.137. The Bertz CT molecular complexity index is 874. The molecule has 7 heteroatoms. The van der Waals surface area contributed by atoms with E-state index in [1.807, 2.05) is 44.2 Å². The average Bonchev–Trinajstić information content (AvgIpc) is 2.67. The number of alkyl halides is 3. The Kier molecular flexibility index (Phi) is 7.66. The first-order chi connectivity index (χ1) is 13.9. The predicted molar refractivity (Wildman–Crippen MR) is 117 cm³/mol. The first kappa shape index (κ1) is 23.9. The molecule has 4 N–H and O–H groups in total. The summed E-state index contributed by atoms with van der Waals surface area (Å²) in [5.41, 5.74) is 6.32. The Labute approximate surface area is 179 Å².